The maximum atomic E-state index is 11.6. The molecule has 21 heavy (non-hydrogen) atoms. The van der Waals surface area contributed by atoms with Crippen LogP contribution in [0.1, 0.15) is 58.8 Å². The van der Waals surface area contributed by atoms with E-state index in [1.165, 1.54) is 0 Å². The van der Waals surface area contributed by atoms with E-state index in [9.17, 15) is 9.59 Å². The van der Waals surface area contributed by atoms with E-state index in [0.29, 0.717) is 6.42 Å². The minimum Gasteiger partial charge on any atom is -0.481 e. The van der Waals surface area contributed by atoms with Crippen molar-refractivity contribution in [2.45, 2.75) is 58.8 Å². The zero-order valence-electron chi connectivity index (χ0n) is 13.4. The van der Waals surface area contributed by atoms with Crippen LogP contribution in [0.3, 0.4) is 0 Å². The number of amides is 1. The molecule has 0 aromatic carbocycles. The molecule has 1 amide bonds. The Morgan fingerprint density at radius 1 is 0.810 bits per heavy atom. The number of hydrogen-bond acceptors (Lipinski definition) is 4. The molecule has 0 aliphatic rings. The van der Waals surface area contributed by atoms with Crippen LogP contribution in [0.2, 0.25) is 0 Å². The number of hydrogen-bond donors (Lipinski definition) is 3. The molecule has 0 saturated heterocycles. The molecule has 0 radical (unpaired) electrons. The van der Waals surface area contributed by atoms with Crippen LogP contribution in [-0.4, -0.2) is 58.4 Å². The number of rotatable bonds is 11. The van der Waals surface area contributed by atoms with Gasteiger partial charge in [0.1, 0.15) is 0 Å². The fraction of sp³-hybridized carbons (Fsp3) is 0.867. The summed E-state index contributed by atoms with van der Waals surface area (Å²) in [6, 6.07) is 0. The summed E-state index contributed by atoms with van der Waals surface area (Å²) in [6.07, 6.45) is 5.55. The highest BCUT2D eigenvalue weighted by molar-refractivity contribution is 5.76. The van der Waals surface area contributed by atoms with Gasteiger partial charge in [0.25, 0.3) is 0 Å². The van der Waals surface area contributed by atoms with E-state index in [4.69, 9.17) is 15.3 Å². The Hall–Kier alpha value is -1.14. The van der Waals surface area contributed by atoms with Crippen molar-refractivity contribution >= 4 is 11.9 Å². The first kappa shape index (κ1) is 22.1. The number of aliphatic hydroxyl groups excluding tert-OH is 2. The summed E-state index contributed by atoms with van der Waals surface area (Å²) in [5.41, 5.74) is 0. The number of carbonyl (C=O) groups is 2. The summed E-state index contributed by atoms with van der Waals surface area (Å²) < 4.78 is 0. The topological polar surface area (TPSA) is 98.1 Å². The van der Waals surface area contributed by atoms with Gasteiger partial charge in [-0.25, -0.2) is 0 Å². The van der Waals surface area contributed by atoms with Crippen LogP contribution in [0.4, 0.5) is 0 Å². The molecule has 6 heteroatoms. The van der Waals surface area contributed by atoms with Crippen molar-refractivity contribution in [2.75, 3.05) is 26.3 Å². The Labute approximate surface area is 127 Å². The monoisotopic (exact) mass is 305 g/mol. The largest absolute Gasteiger partial charge is 0.481 e. The summed E-state index contributed by atoms with van der Waals surface area (Å²) in [6.45, 7) is 5.31. The molecule has 3 N–H and O–H groups in total. The fourth-order valence-electron chi connectivity index (χ4n) is 1.82. The normalized spacial score (nSPS) is 9.71. The van der Waals surface area contributed by atoms with Gasteiger partial charge in [-0.1, -0.05) is 19.3 Å². The molecule has 0 unspecified atom stereocenters. The van der Waals surface area contributed by atoms with Crippen molar-refractivity contribution in [2.24, 2.45) is 0 Å². The highest BCUT2D eigenvalue weighted by Crippen LogP contribution is 2.08. The van der Waals surface area contributed by atoms with Gasteiger partial charge in [-0.05, 0) is 26.7 Å². The van der Waals surface area contributed by atoms with E-state index in [1.807, 2.05) is 18.7 Å². The molecule has 0 heterocycles. The van der Waals surface area contributed by atoms with Crippen LogP contribution in [-0.2, 0) is 9.59 Å². The van der Waals surface area contributed by atoms with Crippen LogP contribution < -0.4 is 0 Å². The maximum Gasteiger partial charge on any atom is 0.303 e. The number of carboxylic acid groups (broad SMARTS) is 1. The number of carboxylic acids is 1. The average molecular weight is 305 g/mol. The van der Waals surface area contributed by atoms with Crippen LogP contribution in [0, 0.1) is 0 Å². The average Bonchev–Trinajstić information content (AvgIpc) is 2.47. The van der Waals surface area contributed by atoms with Gasteiger partial charge in [0.2, 0.25) is 5.91 Å². The predicted molar refractivity (Wildman–Crippen MR) is 82.1 cm³/mol. The third-order valence-electron chi connectivity index (χ3n) is 3.00. The molecule has 0 bridgehead atoms. The first-order chi connectivity index (χ1) is 10.0. The third kappa shape index (κ3) is 16.8. The number of nitrogens with zero attached hydrogens (tertiary/aromatic N) is 1. The molecule has 126 valence electrons. The van der Waals surface area contributed by atoms with E-state index < -0.39 is 5.97 Å². The molecule has 0 aromatic rings. The number of unbranched alkanes of at least 4 members (excludes halogenated alkanes) is 4. The van der Waals surface area contributed by atoms with Crippen molar-refractivity contribution in [3.8, 4) is 0 Å². The molecule has 0 aliphatic carbocycles. The summed E-state index contributed by atoms with van der Waals surface area (Å²) in [5.74, 6) is -0.484. The predicted octanol–water partition coefficient (Wildman–Crippen LogP) is 1.64. The second-order valence-electron chi connectivity index (χ2n) is 4.67. The standard InChI is InChI=1S/C13H25NO3.C2H6O2/c1-3-14(4-2)12(15)10-8-6-5-7-9-11-13(16)17;3-1-2-4/h3-11H2,1-2H3,(H,16,17);3-4H,1-2H2. The molecule has 0 fully saturated rings. The minimum absolute atomic E-state index is 0.125. The highest BCUT2D eigenvalue weighted by atomic mass is 16.4. The van der Waals surface area contributed by atoms with Crippen molar-refractivity contribution < 1.29 is 24.9 Å². The van der Waals surface area contributed by atoms with Gasteiger partial charge in [-0.2, -0.15) is 0 Å². The van der Waals surface area contributed by atoms with Gasteiger partial charge in [0.15, 0.2) is 0 Å². The molecular formula is C15H31NO5. The Bertz CT molecular complexity index is 252. The second kappa shape index (κ2) is 16.9. The van der Waals surface area contributed by atoms with E-state index in [0.717, 1.165) is 45.2 Å². The van der Waals surface area contributed by atoms with Gasteiger partial charge >= 0.3 is 5.97 Å². The molecule has 0 rings (SSSR count). The van der Waals surface area contributed by atoms with Crippen LogP contribution in [0.15, 0.2) is 0 Å². The Morgan fingerprint density at radius 3 is 1.62 bits per heavy atom. The molecule has 0 aliphatic heterocycles. The third-order valence-corrected chi connectivity index (χ3v) is 3.00. The SMILES string of the molecule is CCN(CC)C(=O)CCCCCCCC(=O)O.OCCO. The fourth-order valence-corrected chi connectivity index (χ4v) is 1.82. The molecule has 0 spiro atoms. The lowest BCUT2D eigenvalue weighted by molar-refractivity contribution is -0.137. The van der Waals surface area contributed by atoms with Crippen molar-refractivity contribution in [3.63, 3.8) is 0 Å². The lowest BCUT2D eigenvalue weighted by atomic mass is 10.1. The van der Waals surface area contributed by atoms with Crippen molar-refractivity contribution in [1.29, 1.82) is 0 Å². The van der Waals surface area contributed by atoms with Crippen molar-refractivity contribution in [3.05, 3.63) is 0 Å². The van der Waals surface area contributed by atoms with Crippen LogP contribution >= 0.6 is 0 Å². The zero-order valence-corrected chi connectivity index (χ0v) is 13.4. The number of aliphatic carboxylic acids is 1. The van der Waals surface area contributed by atoms with Crippen molar-refractivity contribution in [1.82, 2.24) is 4.90 Å². The summed E-state index contributed by atoms with van der Waals surface area (Å²) in [7, 11) is 0. The van der Waals surface area contributed by atoms with E-state index in [1.54, 1.807) is 0 Å². The van der Waals surface area contributed by atoms with Gasteiger partial charge in [0.05, 0.1) is 13.2 Å². The molecule has 0 atom stereocenters. The maximum absolute atomic E-state index is 11.6. The van der Waals surface area contributed by atoms with E-state index in [2.05, 4.69) is 0 Å². The highest BCUT2D eigenvalue weighted by Gasteiger charge is 2.08. The molecular weight excluding hydrogens is 274 g/mol. The lowest BCUT2D eigenvalue weighted by Gasteiger charge is -2.18. The Balaban J connectivity index is 0. The minimum atomic E-state index is -0.721. The van der Waals surface area contributed by atoms with Gasteiger partial charge < -0.3 is 20.2 Å². The smallest absolute Gasteiger partial charge is 0.303 e. The summed E-state index contributed by atoms with van der Waals surface area (Å²) >= 11 is 0. The zero-order chi connectivity index (χ0) is 16.5. The second-order valence-corrected chi connectivity index (χ2v) is 4.67. The van der Waals surface area contributed by atoms with Crippen LogP contribution in [0.5, 0.6) is 0 Å². The summed E-state index contributed by atoms with van der Waals surface area (Å²) in [5, 5.41) is 23.7. The lowest BCUT2D eigenvalue weighted by Crippen LogP contribution is -2.30. The number of carbonyl (C=O) groups excluding carboxylic acids is 1. The number of aliphatic hydroxyl groups is 2. The molecule has 6 nitrogen and oxygen atoms in total. The Kier molecular flexibility index (Phi) is 17.8. The van der Waals surface area contributed by atoms with E-state index in [-0.39, 0.29) is 25.5 Å². The Morgan fingerprint density at radius 2 is 1.24 bits per heavy atom. The quantitative estimate of drug-likeness (QED) is 0.504. The first-order valence-electron chi connectivity index (χ1n) is 7.74. The molecule has 0 aromatic heterocycles. The van der Waals surface area contributed by atoms with Gasteiger partial charge in [-0.3, -0.25) is 9.59 Å². The van der Waals surface area contributed by atoms with Crippen LogP contribution in [0.25, 0.3) is 0 Å². The van der Waals surface area contributed by atoms with Gasteiger partial charge in [-0.15, -0.1) is 0 Å². The first-order valence-corrected chi connectivity index (χ1v) is 7.74. The summed E-state index contributed by atoms with van der Waals surface area (Å²) in [4.78, 5) is 23.8. The van der Waals surface area contributed by atoms with Gasteiger partial charge in [0, 0.05) is 25.9 Å². The molecule has 0 saturated carbocycles. The van der Waals surface area contributed by atoms with E-state index >= 15 is 0 Å².